The molecule has 0 radical (unpaired) electrons. The zero-order valence-corrected chi connectivity index (χ0v) is 15.5. The number of carbonyl (C=O) groups is 2. The van der Waals surface area contributed by atoms with E-state index in [9.17, 15) is 9.59 Å². The van der Waals surface area contributed by atoms with E-state index in [1.807, 2.05) is 6.07 Å². The Balaban J connectivity index is 1.20. The Morgan fingerprint density at radius 3 is 2.65 bits per heavy atom. The minimum Gasteiger partial charge on any atom is -0.370 e. The summed E-state index contributed by atoms with van der Waals surface area (Å²) in [5.74, 6) is 0.779. The molecule has 7 heteroatoms. The fraction of sp³-hybridized carbons (Fsp3) is 0.526. The molecule has 26 heavy (non-hydrogen) atoms. The molecule has 2 heterocycles. The molecule has 1 saturated carbocycles. The molecule has 0 spiro atoms. The lowest BCUT2D eigenvalue weighted by molar-refractivity contribution is -0.140. The molecular weight excluding hydrogens is 348 g/mol. The molecular formula is C19H24N4O2S. The first-order valence-electron chi connectivity index (χ1n) is 9.25. The van der Waals surface area contributed by atoms with E-state index in [-0.39, 0.29) is 35.5 Å². The van der Waals surface area contributed by atoms with Crippen LogP contribution in [0, 0.1) is 23.7 Å². The molecule has 2 fully saturated rings. The van der Waals surface area contributed by atoms with E-state index >= 15 is 0 Å². The van der Waals surface area contributed by atoms with E-state index in [1.165, 1.54) is 9.78 Å². The zero-order valence-electron chi connectivity index (χ0n) is 14.6. The number of fused-ring (bicyclic) bond motifs is 5. The van der Waals surface area contributed by atoms with Crippen LogP contribution in [0.2, 0.25) is 0 Å². The molecule has 3 aliphatic rings. The maximum absolute atomic E-state index is 12.6. The first-order valence-corrected chi connectivity index (χ1v) is 10.1. The van der Waals surface area contributed by atoms with E-state index in [1.54, 1.807) is 11.3 Å². The first kappa shape index (κ1) is 17.3. The quantitative estimate of drug-likeness (QED) is 0.249. The van der Waals surface area contributed by atoms with Crippen LogP contribution >= 0.6 is 11.3 Å². The van der Waals surface area contributed by atoms with Gasteiger partial charge in [-0.3, -0.25) is 19.5 Å². The first-order chi connectivity index (χ1) is 12.6. The highest BCUT2D eigenvalue weighted by atomic mass is 32.1. The van der Waals surface area contributed by atoms with E-state index in [0.717, 1.165) is 19.4 Å². The van der Waals surface area contributed by atoms with Crippen molar-refractivity contribution in [2.24, 2.45) is 34.4 Å². The SMILES string of the molecule is NC(=NCCCN1C(=O)C2C3C=CC(C3)C2C1=O)NCCc1cccs1. The number of thiophene rings is 1. The predicted molar refractivity (Wildman–Crippen MR) is 102 cm³/mol. The van der Waals surface area contributed by atoms with E-state index < -0.39 is 0 Å². The zero-order chi connectivity index (χ0) is 18.1. The Morgan fingerprint density at radius 1 is 1.27 bits per heavy atom. The summed E-state index contributed by atoms with van der Waals surface area (Å²) in [4.78, 5) is 32.2. The van der Waals surface area contributed by atoms with Gasteiger partial charge in [-0.1, -0.05) is 18.2 Å². The molecule has 138 valence electrons. The van der Waals surface area contributed by atoms with Gasteiger partial charge in [0, 0.05) is 24.5 Å². The Kier molecular flexibility index (Phi) is 4.80. The van der Waals surface area contributed by atoms with E-state index in [2.05, 4.69) is 33.9 Å². The van der Waals surface area contributed by atoms with Gasteiger partial charge in [-0.25, -0.2) is 0 Å². The van der Waals surface area contributed by atoms with Crippen LogP contribution in [0.25, 0.3) is 0 Å². The van der Waals surface area contributed by atoms with Crippen molar-refractivity contribution >= 4 is 29.1 Å². The standard InChI is InChI=1S/C19H24N4O2S/c20-19(22-8-6-14-3-1-10-26-14)21-7-2-9-23-17(24)15-12-4-5-13(11-12)16(15)18(23)25/h1,3-5,10,12-13,15-16H,2,6-9,11H2,(H3,20,21,22). The highest BCUT2D eigenvalue weighted by molar-refractivity contribution is 7.09. The fourth-order valence-electron chi connectivity index (χ4n) is 4.44. The number of guanidine groups is 1. The average Bonchev–Trinajstić information content (AvgIpc) is 3.39. The second-order valence-corrected chi connectivity index (χ2v) is 8.24. The normalized spacial score (nSPS) is 29.7. The van der Waals surface area contributed by atoms with Gasteiger partial charge in [-0.05, 0) is 42.5 Å². The summed E-state index contributed by atoms with van der Waals surface area (Å²) in [6.07, 6.45) is 6.77. The molecule has 2 bridgehead atoms. The Labute approximate surface area is 157 Å². The second kappa shape index (κ2) is 7.23. The van der Waals surface area contributed by atoms with Crippen molar-refractivity contribution in [2.75, 3.05) is 19.6 Å². The van der Waals surface area contributed by atoms with Crippen LogP contribution in [0.1, 0.15) is 17.7 Å². The summed E-state index contributed by atoms with van der Waals surface area (Å²) in [5.41, 5.74) is 5.87. The number of hydrogen-bond acceptors (Lipinski definition) is 4. The van der Waals surface area contributed by atoms with Crippen molar-refractivity contribution in [1.82, 2.24) is 10.2 Å². The average molecular weight is 372 g/mol. The molecule has 1 aromatic heterocycles. The summed E-state index contributed by atoms with van der Waals surface area (Å²) >= 11 is 1.73. The number of imide groups is 1. The molecule has 3 N–H and O–H groups in total. The van der Waals surface area contributed by atoms with Crippen molar-refractivity contribution in [3.8, 4) is 0 Å². The van der Waals surface area contributed by atoms with Gasteiger partial charge in [0.15, 0.2) is 5.96 Å². The lowest BCUT2D eigenvalue weighted by Crippen LogP contribution is -2.35. The second-order valence-electron chi connectivity index (χ2n) is 7.20. The van der Waals surface area contributed by atoms with Gasteiger partial charge in [0.25, 0.3) is 0 Å². The smallest absolute Gasteiger partial charge is 0.233 e. The molecule has 4 atom stereocenters. The number of nitrogens with one attached hydrogen (secondary N) is 1. The Bertz CT molecular complexity index is 713. The van der Waals surface area contributed by atoms with Gasteiger partial charge in [0.2, 0.25) is 11.8 Å². The third kappa shape index (κ3) is 3.16. The van der Waals surface area contributed by atoms with E-state index in [4.69, 9.17) is 5.73 Å². The van der Waals surface area contributed by atoms with Crippen molar-refractivity contribution < 1.29 is 9.59 Å². The number of carbonyl (C=O) groups excluding carboxylic acids is 2. The molecule has 1 saturated heterocycles. The van der Waals surface area contributed by atoms with Gasteiger partial charge in [-0.15, -0.1) is 11.3 Å². The topological polar surface area (TPSA) is 87.8 Å². The molecule has 1 aromatic rings. The third-order valence-electron chi connectivity index (χ3n) is 5.64. The van der Waals surface area contributed by atoms with Crippen molar-refractivity contribution in [2.45, 2.75) is 19.3 Å². The van der Waals surface area contributed by atoms with Crippen LogP contribution in [0.3, 0.4) is 0 Å². The molecule has 4 rings (SSSR count). The summed E-state index contributed by atoms with van der Waals surface area (Å²) in [6.45, 7) is 1.70. The summed E-state index contributed by atoms with van der Waals surface area (Å²) in [5, 5.41) is 5.16. The molecule has 2 amide bonds. The van der Waals surface area contributed by atoms with Gasteiger partial charge >= 0.3 is 0 Å². The van der Waals surface area contributed by atoms with E-state index in [0.29, 0.717) is 25.5 Å². The monoisotopic (exact) mass is 372 g/mol. The van der Waals surface area contributed by atoms with Crippen molar-refractivity contribution in [3.05, 3.63) is 34.5 Å². The van der Waals surface area contributed by atoms with Crippen LogP contribution in [-0.4, -0.2) is 42.3 Å². The lowest BCUT2D eigenvalue weighted by atomic mass is 9.85. The number of rotatable bonds is 7. The highest BCUT2D eigenvalue weighted by Gasteiger charge is 2.58. The van der Waals surface area contributed by atoms with Crippen LogP contribution in [0.15, 0.2) is 34.7 Å². The summed E-state index contributed by atoms with van der Waals surface area (Å²) < 4.78 is 0. The van der Waals surface area contributed by atoms with Gasteiger partial charge < -0.3 is 11.1 Å². The molecule has 1 aliphatic heterocycles. The van der Waals surface area contributed by atoms with Crippen LogP contribution < -0.4 is 11.1 Å². The van der Waals surface area contributed by atoms with Crippen molar-refractivity contribution in [3.63, 3.8) is 0 Å². The number of allylic oxidation sites excluding steroid dienone is 2. The van der Waals surface area contributed by atoms with Gasteiger partial charge in [0.1, 0.15) is 0 Å². The molecule has 6 nitrogen and oxygen atoms in total. The van der Waals surface area contributed by atoms with Crippen LogP contribution in [0.4, 0.5) is 0 Å². The highest BCUT2D eigenvalue weighted by Crippen LogP contribution is 2.52. The number of likely N-dealkylation sites (tertiary alicyclic amines) is 1. The van der Waals surface area contributed by atoms with Crippen molar-refractivity contribution in [1.29, 1.82) is 0 Å². The molecule has 0 aromatic carbocycles. The predicted octanol–water partition coefficient (Wildman–Crippen LogP) is 1.39. The Morgan fingerprint density at radius 2 is 2.00 bits per heavy atom. The number of amides is 2. The largest absolute Gasteiger partial charge is 0.370 e. The number of hydrogen-bond donors (Lipinski definition) is 2. The van der Waals surface area contributed by atoms with Crippen LogP contribution in [-0.2, 0) is 16.0 Å². The maximum atomic E-state index is 12.6. The molecule has 2 aliphatic carbocycles. The third-order valence-corrected chi connectivity index (χ3v) is 6.58. The number of nitrogens with two attached hydrogens (primary N) is 1. The van der Waals surface area contributed by atoms with Gasteiger partial charge in [-0.2, -0.15) is 0 Å². The number of aliphatic imine (C=N–C) groups is 1. The fourth-order valence-corrected chi connectivity index (χ4v) is 5.15. The summed E-state index contributed by atoms with van der Waals surface area (Å²) in [6, 6.07) is 4.13. The minimum atomic E-state index is -0.106. The Hall–Kier alpha value is -2.15. The minimum absolute atomic E-state index is 0.0166. The number of nitrogens with zero attached hydrogens (tertiary/aromatic N) is 2. The summed E-state index contributed by atoms with van der Waals surface area (Å²) in [7, 11) is 0. The van der Waals surface area contributed by atoms with Gasteiger partial charge in [0.05, 0.1) is 11.8 Å². The molecule has 4 unspecified atom stereocenters. The van der Waals surface area contributed by atoms with Crippen LogP contribution in [0.5, 0.6) is 0 Å². The maximum Gasteiger partial charge on any atom is 0.233 e. The lowest BCUT2D eigenvalue weighted by Gasteiger charge is -2.16.